The van der Waals surface area contributed by atoms with Crippen LogP contribution in [0.5, 0.6) is 0 Å². The fraction of sp³-hybridized carbons (Fsp3) is 0.375. The third kappa shape index (κ3) is 1.60. The average Bonchev–Trinajstić information content (AvgIpc) is 2.86. The van der Waals surface area contributed by atoms with Gasteiger partial charge in [-0.1, -0.05) is 0 Å². The second-order valence-corrected chi connectivity index (χ2v) is 3.59. The monoisotopic (exact) mass is 209 g/mol. The van der Waals surface area contributed by atoms with Crippen molar-refractivity contribution in [2.24, 2.45) is 0 Å². The highest BCUT2D eigenvalue weighted by atomic mass is 32.1. The maximum absolute atomic E-state index is 4.38. The second-order valence-electron chi connectivity index (χ2n) is 2.86. The van der Waals surface area contributed by atoms with Gasteiger partial charge in [0.1, 0.15) is 6.33 Å². The number of hydrogen-bond donors (Lipinski definition) is 0. The van der Waals surface area contributed by atoms with Crippen molar-refractivity contribution in [3.05, 3.63) is 18.7 Å². The lowest BCUT2D eigenvalue weighted by Crippen LogP contribution is -2.15. The molecular weight excluding hydrogens is 198 g/mol. The van der Waals surface area contributed by atoms with Gasteiger partial charge in [0.2, 0.25) is 11.1 Å². The Kier molecular flexibility index (Phi) is 2.45. The lowest BCUT2D eigenvalue weighted by Gasteiger charge is -2.10. The van der Waals surface area contributed by atoms with Gasteiger partial charge in [0.05, 0.1) is 0 Å². The van der Waals surface area contributed by atoms with Crippen molar-refractivity contribution in [3.8, 4) is 5.95 Å². The van der Waals surface area contributed by atoms with Crippen LogP contribution in [0, 0.1) is 0 Å². The number of imidazole rings is 1. The van der Waals surface area contributed by atoms with Crippen LogP contribution in [-0.2, 0) is 0 Å². The average molecular weight is 209 g/mol. The summed E-state index contributed by atoms with van der Waals surface area (Å²) < 4.78 is 6.03. The Morgan fingerprint density at radius 3 is 3.07 bits per heavy atom. The van der Waals surface area contributed by atoms with E-state index in [2.05, 4.69) is 26.2 Å². The molecule has 0 saturated carbocycles. The molecule has 6 heteroatoms. The van der Waals surface area contributed by atoms with E-state index < -0.39 is 0 Å². The molecule has 14 heavy (non-hydrogen) atoms. The third-order valence-corrected chi connectivity index (χ3v) is 2.76. The first-order chi connectivity index (χ1) is 6.81. The maximum atomic E-state index is 4.38. The van der Waals surface area contributed by atoms with Crippen LogP contribution in [0.1, 0.15) is 6.92 Å². The van der Waals surface area contributed by atoms with E-state index in [4.69, 9.17) is 0 Å². The van der Waals surface area contributed by atoms with Gasteiger partial charge in [-0.3, -0.25) is 4.57 Å². The summed E-state index contributed by atoms with van der Waals surface area (Å²) in [6.45, 7) is 3.01. The van der Waals surface area contributed by atoms with Crippen molar-refractivity contribution in [2.45, 2.75) is 6.92 Å². The molecule has 0 amide bonds. The number of aromatic nitrogens is 4. The summed E-state index contributed by atoms with van der Waals surface area (Å²) in [5, 5.41) is 0.927. The normalized spacial score (nSPS) is 10.4. The maximum Gasteiger partial charge on any atom is 0.248 e. The summed E-state index contributed by atoms with van der Waals surface area (Å²) in [7, 11) is 2.00. The van der Waals surface area contributed by atoms with Gasteiger partial charge in [0.25, 0.3) is 0 Å². The first-order valence-electron chi connectivity index (χ1n) is 4.34. The van der Waals surface area contributed by atoms with Gasteiger partial charge in [-0.05, 0) is 6.92 Å². The number of anilines is 1. The summed E-state index contributed by atoms with van der Waals surface area (Å²) >= 11 is 1.40. The summed E-state index contributed by atoms with van der Waals surface area (Å²) in [6.07, 6.45) is 5.24. The molecule has 0 aliphatic heterocycles. The Morgan fingerprint density at radius 1 is 1.57 bits per heavy atom. The zero-order chi connectivity index (χ0) is 9.97. The number of hydrogen-bond acceptors (Lipinski definition) is 5. The van der Waals surface area contributed by atoms with Crippen LogP contribution < -0.4 is 4.90 Å². The Balaban J connectivity index is 2.26. The van der Waals surface area contributed by atoms with Gasteiger partial charge in [-0.2, -0.15) is 9.36 Å². The van der Waals surface area contributed by atoms with Gasteiger partial charge in [-0.15, -0.1) is 0 Å². The van der Waals surface area contributed by atoms with Crippen molar-refractivity contribution < 1.29 is 0 Å². The van der Waals surface area contributed by atoms with Gasteiger partial charge in [0, 0.05) is 37.5 Å². The van der Waals surface area contributed by atoms with Gasteiger partial charge in [-0.25, -0.2) is 4.98 Å². The number of nitrogens with zero attached hydrogens (tertiary/aromatic N) is 5. The lowest BCUT2D eigenvalue weighted by molar-refractivity contribution is 0.924. The molecule has 0 aliphatic carbocycles. The van der Waals surface area contributed by atoms with E-state index >= 15 is 0 Å². The van der Waals surface area contributed by atoms with Crippen molar-refractivity contribution in [3.63, 3.8) is 0 Å². The molecule has 2 heterocycles. The Morgan fingerprint density at radius 2 is 2.43 bits per heavy atom. The topological polar surface area (TPSA) is 46.8 Å². The molecule has 0 radical (unpaired) electrons. The molecule has 0 spiro atoms. The van der Waals surface area contributed by atoms with E-state index in [9.17, 15) is 0 Å². The van der Waals surface area contributed by atoms with Crippen LogP contribution >= 0.6 is 11.5 Å². The summed E-state index contributed by atoms with van der Waals surface area (Å²) in [6, 6.07) is 0. The lowest BCUT2D eigenvalue weighted by atomic mass is 10.7. The molecule has 5 nitrogen and oxygen atoms in total. The predicted octanol–water partition coefficient (Wildman–Crippen LogP) is 1.18. The highest BCUT2D eigenvalue weighted by Crippen LogP contribution is 2.16. The van der Waals surface area contributed by atoms with Crippen LogP contribution in [-0.4, -0.2) is 32.5 Å². The van der Waals surface area contributed by atoms with Crippen molar-refractivity contribution in [2.75, 3.05) is 18.5 Å². The first-order valence-corrected chi connectivity index (χ1v) is 5.11. The van der Waals surface area contributed by atoms with Crippen molar-refractivity contribution in [1.29, 1.82) is 0 Å². The molecule has 0 aromatic carbocycles. The van der Waals surface area contributed by atoms with Crippen molar-refractivity contribution >= 4 is 16.7 Å². The van der Waals surface area contributed by atoms with Crippen LogP contribution in [0.15, 0.2) is 18.7 Å². The van der Waals surface area contributed by atoms with Gasteiger partial charge >= 0.3 is 0 Å². The number of rotatable bonds is 3. The smallest absolute Gasteiger partial charge is 0.248 e. The van der Waals surface area contributed by atoms with E-state index in [0.29, 0.717) is 5.95 Å². The largest absolute Gasteiger partial charge is 0.350 e. The molecule has 0 atom stereocenters. The summed E-state index contributed by atoms with van der Waals surface area (Å²) in [5.74, 6) is 0.683. The van der Waals surface area contributed by atoms with E-state index in [1.807, 2.05) is 13.2 Å². The molecule has 0 N–H and O–H groups in total. The van der Waals surface area contributed by atoms with Crippen molar-refractivity contribution in [1.82, 2.24) is 18.9 Å². The first kappa shape index (κ1) is 9.14. The Labute approximate surface area is 86.2 Å². The minimum atomic E-state index is 0.683. The van der Waals surface area contributed by atoms with E-state index in [1.54, 1.807) is 17.1 Å². The zero-order valence-electron chi connectivity index (χ0n) is 8.08. The quantitative estimate of drug-likeness (QED) is 0.761. The molecule has 2 rings (SSSR count). The molecule has 0 bridgehead atoms. The summed E-state index contributed by atoms with van der Waals surface area (Å²) in [5.41, 5.74) is 0. The van der Waals surface area contributed by atoms with E-state index in [-0.39, 0.29) is 0 Å². The molecule has 74 valence electrons. The molecule has 0 fully saturated rings. The minimum Gasteiger partial charge on any atom is -0.350 e. The highest BCUT2D eigenvalue weighted by Gasteiger charge is 2.07. The predicted molar refractivity (Wildman–Crippen MR) is 56.0 cm³/mol. The van der Waals surface area contributed by atoms with Crippen LogP contribution in [0.4, 0.5) is 5.13 Å². The van der Waals surface area contributed by atoms with E-state index in [0.717, 1.165) is 11.7 Å². The highest BCUT2D eigenvalue weighted by molar-refractivity contribution is 7.09. The summed E-state index contributed by atoms with van der Waals surface area (Å²) in [4.78, 5) is 10.4. The van der Waals surface area contributed by atoms with E-state index in [1.165, 1.54) is 11.5 Å². The van der Waals surface area contributed by atoms with Crippen LogP contribution in [0.2, 0.25) is 0 Å². The SMILES string of the molecule is CCN(C)c1nc(-n2ccnc2)ns1. The molecule has 2 aromatic heterocycles. The molecule has 0 saturated heterocycles. The molecule has 2 aromatic rings. The van der Waals surface area contributed by atoms with Gasteiger partial charge in [0.15, 0.2) is 0 Å². The molecule has 0 unspecified atom stereocenters. The van der Waals surface area contributed by atoms with Crippen LogP contribution in [0.3, 0.4) is 0 Å². The molecular formula is C8H11N5S. The fourth-order valence-electron chi connectivity index (χ4n) is 0.981. The third-order valence-electron chi connectivity index (χ3n) is 1.94. The fourth-order valence-corrected chi connectivity index (χ4v) is 1.67. The second kappa shape index (κ2) is 3.75. The molecule has 0 aliphatic rings. The Bertz CT molecular complexity index is 394. The van der Waals surface area contributed by atoms with Gasteiger partial charge < -0.3 is 4.90 Å². The zero-order valence-corrected chi connectivity index (χ0v) is 8.90. The Hall–Kier alpha value is -1.43. The standard InChI is InChI=1S/C8H11N5S/c1-3-12(2)8-10-7(11-14-8)13-5-4-9-6-13/h4-6H,3H2,1-2H3. The van der Waals surface area contributed by atoms with Crippen LogP contribution in [0.25, 0.3) is 5.95 Å². The minimum absolute atomic E-state index is 0.683.